The maximum Gasteiger partial charge on any atom is 0.447 e. The molecule has 6 heteroatoms. The van der Waals surface area contributed by atoms with Crippen LogP contribution in [0.4, 0.5) is 0 Å². The summed E-state index contributed by atoms with van der Waals surface area (Å²) in [7, 11) is -4.39. The summed E-state index contributed by atoms with van der Waals surface area (Å²) in [5.74, 6) is 0.134. The fraction of sp³-hybridized carbons (Fsp3) is 0.875. The highest BCUT2D eigenvalue weighted by Crippen LogP contribution is 2.11. The molecule has 0 aromatic carbocycles. The molecule has 0 spiro atoms. The van der Waals surface area contributed by atoms with Crippen molar-refractivity contribution in [2.24, 2.45) is 4.99 Å². The first-order chi connectivity index (χ1) is 6.58. The fourth-order valence-corrected chi connectivity index (χ4v) is 1.77. The Morgan fingerprint density at radius 3 is 2.50 bits per heavy atom. The van der Waals surface area contributed by atoms with Crippen LogP contribution >= 0.6 is 0 Å². The van der Waals surface area contributed by atoms with Crippen molar-refractivity contribution >= 4 is 16.3 Å². The molecule has 1 heterocycles. The predicted molar refractivity (Wildman–Crippen MR) is 52.6 cm³/mol. The van der Waals surface area contributed by atoms with E-state index in [4.69, 9.17) is 4.55 Å². The molecule has 82 valence electrons. The Labute approximate surface area is 84.1 Å². The number of hydrogen-bond donors (Lipinski definition) is 1. The number of aliphatic imine (C=N–C) groups is 1. The summed E-state index contributed by atoms with van der Waals surface area (Å²) in [6.45, 7) is 0.574. The van der Waals surface area contributed by atoms with E-state index in [0.717, 1.165) is 32.1 Å². The van der Waals surface area contributed by atoms with Crippen LogP contribution in [0.3, 0.4) is 0 Å². The van der Waals surface area contributed by atoms with Gasteiger partial charge in [0.2, 0.25) is 5.90 Å². The van der Waals surface area contributed by atoms with Crippen LogP contribution in [0.5, 0.6) is 0 Å². The van der Waals surface area contributed by atoms with Gasteiger partial charge >= 0.3 is 10.4 Å². The van der Waals surface area contributed by atoms with Gasteiger partial charge in [0.15, 0.2) is 0 Å². The number of hydrogen-bond acceptors (Lipinski definition) is 4. The molecule has 1 aliphatic rings. The van der Waals surface area contributed by atoms with Crippen LogP contribution in [0.1, 0.15) is 38.5 Å². The smallest absolute Gasteiger partial charge is 0.346 e. The van der Waals surface area contributed by atoms with Crippen molar-refractivity contribution in [2.75, 3.05) is 6.54 Å². The van der Waals surface area contributed by atoms with Gasteiger partial charge in [0, 0.05) is 13.0 Å². The number of rotatable bonds is 1. The van der Waals surface area contributed by atoms with Gasteiger partial charge in [0.25, 0.3) is 0 Å². The highest BCUT2D eigenvalue weighted by molar-refractivity contribution is 7.81. The molecule has 0 aliphatic carbocycles. The van der Waals surface area contributed by atoms with Crippen LogP contribution in [-0.2, 0) is 14.6 Å². The van der Waals surface area contributed by atoms with Crippen LogP contribution in [0.15, 0.2) is 4.99 Å². The molecule has 0 saturated carbocycles. The third-order valence-corrected chi connectivity index (χ3v) is 2.44. The normalized spacial score (nSPS) is 23.9. The van der Waals surface area contributed by atoms with Crippen LogP contribution in [-0.4, -0.2) is 25.4 Å². The molecule has 0 bridgehead atoms. The van der Waals surface area contributed by atoms with E-state index in [1.807, 2.05) is 0 Å². The summed E-state index contributed by atoms with van der Waals surface area (Å²) in [4.78, 5) is 3.98. The lowest BCUT2D eigenvalue weighted by molar-refractivity contribution is 0.376. The van der Waals surface area contributed by atoms with Gasteiger partial charge in [-0.1, -0.05) is 19.3 Å². The molecule has 0 unspecified atom stereocenters. The Hall–Kier alpha value is -0.620. The summed E-state index contributed by atoms with van der Waals surface area (Å²) in [5, 5.41) is 0. The molecule has 0 amide bonds. The second-order valence-corrected chi connectivity index (χ2v) is 4.33. The van der Waals surface area contributed by atoms with Crippen LogP contribution in [0.2, 0.25) is 0 Å². The highest BCUT2D eigenvalue weighted by atomic mass is 32.3. The molecule has 1 aliphatic heterocycles. The maximum atomic E-state index is 10.4. The molecule has 14 heavy (non-hydrogen) atoms. The van der Waals surface area contributed by atoms with Crippen molar-refractivity contribution in [3.63, 3.8) is 0 Å². The average molecular weight is 221 g/mol. The Balaban J connectivity index is 2.54. The van der Waals surface area contributed by atoms with Crippen molar-refractivity contribution in [2.45, 2.75) is 38.5 Å². The monoisotopic (exact) mass is 221 g/mol. The molecular formula is C8H15NO4S. The first kappa shape index (κ1) is 11.5. The molecule has 1 rings (SSSR count). The van der Waals surface area contributed by atoms with Crippen molar-refractivity contribution < 1.29 is 17.2 Å². The van der Waals surface area contributed by atoms with E-state index < -0.39 is 10.4 Å². The van der Waals surface area contributed by atoms with Gasteiger partial charge in [-0.15, -0.1) is 0 Å². The fourth-order valence-electron chi connectivity index (χ4n) is 1.39. The van der Waals surface area contributed by atoms with E-state index >= 15 is 0 Å². The molecule has 0 aromatic heterocycles. The van der Waals surface area contributed by atoms with Gasteiger partial charge in [-0.25, -0.2) is 0 Å². The first-order valence-electron chi connectivity index (χ1n) is 4.78. The molecule has 5 nitrogen and oxygen atoms in total. The second-order valence-electron chi connectivity index (χ2n) is 3.30. The van der Waals surface area contributed by atoms with Crippen LogP contribution < -0.4 is 0 Å². The standard InChI is InChI=1S/C8H15NO4S/c10-14(11,12)13-8-6-4-2-1-3-5-7-9-8/h1-7H2,(H,10,11,12)/b9-8-. The van der Waals surface area contributed by atoms with E-state index in [9.17, 15) is 8.42 Å². The third kappa shape index (κ3) is 5.18. The summed E-state index contributed by atoms with van der Waals surface area (Å²) < 4.78 is 33.7. The summed E-state index contributed by atoms with van der Waals surface area (Å²) in [6.07, 6.45) is 5.59. The quantitative estimate of drug-likeness (QED) is 0.682. The van der Waals surface area contributed by atoms with E-state index in [0.29, 0.717) is 13.0 Å². The van der Waals surface area contributed by atoms with Gasteiger partial charge < -0.3 is 4.18 Å². The summed E-state index contributed by atoms with van der Waals surface area (Å²) >= 11 is 0. The average Bonchev–Trinajstić information content (AvgIpc) is 2.15. The van der Waals surface area contributed by atoms with Crippen LogP contribution in [0.25, 0.3) is 0 Å². The molecule has 0 aromatic rings. The Morgan fingerprint density at radius 2 is 1.79 bits per heavy atom. The minimum absolute atomic E-state index is 0.134. The summed E-state index contributed by atoms with van der Waals surface area (Å²) in [6, 6.07) is 0. The van der Waals surface area contributed by atoms with Gasteiger partial charge in [-0.2, -0.15) is 8.42 Å². The highest BCUT2D eigenvalue weighted by Gasteiger charge is 2.11. The largest absolute Gasteiger partial charge is 0.447 e. The maximum absolute atomic E-state index is 10.4. The minimum Gasteiger partial charge on any atom is -0.346 e. The Kier molecular flexibility index (Phi) is 4.34. The van der Waals surface area contributed by atoms with Gasteiger partial charge in [-0.05, 0) is 12.8 Å². The molecule has 0 saturated heterocycles. The SMILES string of the molecule is O=S(=O)(O)O/C1=N\CCCCCCC1. The van der Waals surface area contributed by atoms with Crippen molar-refractivity contribution in [1.29, 1.82) is 0 Å². The van der Waals surface area contributed by atoms with E-state index in [1.165, 1.54) is 0 Å². The van der Waals surface area contributed by atoms with Gasteiger partial charge in [-0.3, -0.25) is 9.55 Å². The lowest BCUT2D eigenvalue weighted by Gasteiger charge is -2.03. The Morgan fingerprint density at radius 1 is 1.14 bits per heavy atom. The van der Waals surface area contributed by atoms with Crippen molar-refractivity contribution in [3.8, 4) is 0 Å². The van der Waals surface area contributed by atoms with Crippen molar-refractivity contribution in [3.05, 3.63) is 0 Å². The van der Waals surface area contributed by atoms with E-state index in [1.54, 1.807) is 0 Å². The molecule has 0 atom stereocenters. The van der Waals surface area contributed by atoms with Gasteiger partial charge in [0.05, 0.1) is 0 Å². The molecule has 0 radical (unpaired) electrons. The van der Waals surface area contributed by atoms with Crippen LogP contribution in [0, 0.1) is 0 Å². The topological polar surface area (TPSA) is 76.0 Å². The molecule has 0 fully saturated rings. The zero-order valence-corrected chi connectivity index (χ0v) is 8.79. The summed E-state index contributed by atoms with van der Waals surface area (Å²) in [5.41, 5.74) is 0. The zero-order chi connectivity index (χ0) is 10.4. The van der Waals surface area contributed by atoms with Crippen molar-refractivity contribution in [1.82, 2.24) is 0 Å². The Bertz CT molecular complexity index is 296. The molecule has 1 N–H and O–H groups in total. The van der Waals surface area contributed by atoms with Gasteiger partial charge in [0.1, 0.15) is 0 Å². The first-order valence-corrected chi connectivity index (χ1v) is 6.15. The lowest BCUT2D eigenvalue weighted by atomic mass is 10.1. The predicted octanol–water partition coefficient (Wildman–Crippen LogP) is 1.56. The minimum atomic E-state index is -4.39. The van der Waals surface area contributed by atoms with E-state index in [-0.39, 0.29) is 5.90 Å². The lowest BCUT2D eigenvalue weighted by Crippen LogP contribution is -2.12. The second kappa shape index (κ2) is 5.31. The third-order valence-electron chi connectivity index (χ3n) is 2.04. The zero-order valence-electron chi connectivity index (χ0n) is 7.98. The number of nitrogens with zero attached hydrogens (tertiary/aromatic N) is 1. The molecular weight excluding hydrogens is 206 g/mol. The van der Waals surface area contributed by atoms with E-state index in [2.05, 4.69) is 9.18 Å².